The van der Waals surface area contributed by atoms with Crippen LogP contribution in [0.1, 0.15) is 15.9 Å². The number of nitrogens with zero attached hydrogens (tertiary/aromatic N) is 1. The van der Waals surface area contributed by atoms with Crippen molar-refractivity contribution in [1.82, 2.24) is 5.43 Å². The van der Waals surface area contributed by atoms with E-state index >= 15 is 0 Å². The highest BCUT2D eigenvalue weighted by Gasteiger charge is 2.13. The maximum atomic E-state index is 11.9. The first-order chi connectivity index (χ1) is 11.5. The van der Waals surface area contributed by atoms with Crippen LogP contribution in [0.15, 0.2) is 35.4 Å². The molecule has 0 atom stereocenters. The number of methoxy groups -OCH3 is 2. The van der Waals surface area contributed by atoms with Crippen molar-refractivity contribution in [3.63, 3.8) is 0 Å². The molecule has 0 unspecified atom stereocenters. The lowest BCUT2D eigenvalue weighted by Gasteiger charge is -2.07. The van der Waals surface area contributed by atoms with E-state index in [9.17, 15) is 20.1 Å². The molecular formula is C16H16N2O6. The van der Waals surface area contributed by atoms with Crippen LogP contribution in [0.3, 0.4) is 0 Å². The maximum absolute atomic E-state index is 11.9. The van der Waals surface area contributed by atoms with Gasteiger partial charge in [0.15, 0.2) is 17.2 Å². The van der Waals surface area contributed by atoms with Gasteiger partial charge >= 0.3 is 0 Å². The van der Waals surface area contributed by atoms with Crippen molar-refractivity contribution >= 4 is 12.1 Å². The summed E-state index contributed by atoms with van der Waals surface area (Å²) < 4.78 is 10.3. The summed E-state index contributed by atoms with van der Waals surface area (Å²) in [7, 11) is 3.02. The molecule has 0 bridgehead atoms. The van der Waals surface area contributed by atoms with Gasteiger partial charge < -0.3 is 24.8 Å². The molecule has 0 aliphatic carbocycles. The van der Waals surface area contributed by atoms with Gasteiger partial charge in [0, 0.05) is 11.1 Å². The van der Waals surface area contributed by atoms with Gasteiger partial charge in [-0.2, -0.15) is 5.10 Å². The molecule has 0 spiro atoms. The second-order valence-electron chi connectivity index (χ2n) is 4.67. The molecular weight excluding hydrogens is 316 g/mol. The van der Waals surface area contributed by atoms with E-state index in [-0.39, 0.29) is 5.56 Å². The number of carbonyl (C=O) groups excluding carboxylic acids is 1. The Morgan fingerprint density at radius 1 is 1.08 bits per heavy atom. The predicted molar refractivity (Wildman–Crippen MR) is 86.0 cm³/mol. The van der Waals surface area contributed by atoms with Gasteiger partial charge in [-0.1, -0.05) is 0 Å². The molecule has 0 fully saturated rings. The van der Waals surface area contributed by atoms with E-state index in [2.05, 4.69) is 10.5 Å². The molecule has 8 nitrogen and oxygen atoms in total. The minimum absolute atomic E-state index is 0.0717. The number of rotatable bonds is 5. The Balaban J connectivity index is 2.15. The van der Waals surface area contributed by atoms with Gasteiger partial charge in [-0.05, 0) is 30.3 Å². The highest BCUT2D eigenvalue weighted by molar-refractivity contribution is 5.96. The quantitative estimate of drug-likeness (QED) is 0.375. The number of aromatic hydroxyl groups is 3. The van der Waals surface area contributed by atoms with Crippen molar-refractivity contribution < 1.29 is 29.6 Å². The predicted octanol–water partition coefficient (Wildman–Crippen LogP) is 1.58. The number of hydrogen-bond donors (Lipinski definition) is 4. The minimum atomic E-state index is -0.698. The van der Waals surface area contributed by atoms with E-state index in [4.69, 9.17) is 9.47 Å². The Morgan fingerprint density at radius 2 is 1.75 bits per heavy atom. The van der Waals surface area contributed by atoms with Crippen LogP contribution in [0.5, 0.6) is 28.7 Å². The zero-order valence-corrected chi connectivity index (χ0v) is 13.0. The topological polar surface area (TPSA) is 121 Å². The van der Waals surface area contributed by atoms with Crippen molar-refractivity contribution in [2.24, 2.45) is 5.10 Å². The van der Waals surface area contributed by atoms with Crippen molar-refractivity contribution in [2.75, 3.05) is 14.2 Å². The summed E-state index contributed by atoms with van der Waals surface area (Å²) in [6.07, 6.45) is 1.36. The van der Waals surface area contributed by atoms with Gasteiger partial charge in [0.1, 0.15) is 11.5 Å². The zero-order valence-electron chi connectivity index (χ0n) is 13.0. The third-order valence-corrected chi connectivity index (χ3v) is 3.14. The lowest BCUT2D eigenvalue weighted by atomic mass is 10.2. The van der Waals surface area contributed by atoms with Crippen molar-refractivity contribution in [3.8, 4) is 28.7 Å². The summed E-state index contributed by atoms with van der Waals surface area (Å²) in [5.74, 6) is -1.47. The third-order valence-electron chi connectivity index (χ3n) is 3.14. The Bertz CT molecular complexity index is 765. The number of carbonyl (C=O) groups is 1. The molecule has 0 radical (unpaired) electrons. The Hall–Kier alpha value is -3.42. The molecule has 0 heterocycles. The van der Waals surface area contributed by atoms with E-state index in [1.54, 1.807) is 18.2 Å². The van der Waals surface area contributed by atoms with Crippen LogP contribution in [0.4, 0.5) is 0 Å². The van der Waals surface area contributed by atoms with Crippen molar-refractivity contribution in [1.29, 1.82) is 0 Å². The van der Waals surface area contributed by atoms with E-state index in [1.807, 2.05) is 0 Å². The first-order valence-corrected chi connectivity index (χ1v) is 6.76. The van der Waals surface area contributed by atoms with Gasteiger partial charge in [0.05, 0.1) is 20.4 Å². The number of hydrazone groups is 1. The van der Waals surface area contributed by atoms with Gasteiger partial charge in [-0.25, -0.2) is 5.43 Å². The molecule has 126 valence electrons. The first kappa shape index (κ1) is 16.9. The molecule has 0 saturated heterocycles. The number of phenols is 3. The normalized spacial score (nSPS) is 10.6. The fourth-order valence-electron chi connectivity index (χ4n) is 1.90. The maximum Gasteiger partial charge on any atom is 0.271 e. The summed E-state index contributed by atoms with van der Waals surface area (Å²) in [6, 6.07) is 7.10. The minimum Gasteiger partial charge on any atom is -0.504 e. The average molecular weight is 332 g/mol. The van der Waals surface area contributed by atoms with Crippen LogP contribution in [-0.4, -0.2) is 41.7 Å². The number of ether oxygens (including phenoxy) is 2. The molecule has 0 aliphatic heterocycles. The van der Waals surface area contributed by atoms with Gasteiger partial charge in [0.2, 0.25) is 0 Å². The molecule has 4 N–H and O–H groups in total. The average Bonchev–Trinajstić information content (AvgIpc) is 2.58. The summed E-state index contributed by atoms with van der Waals surface area (Å²) >= 11 is 0. The Kier molecular flexibility index (Phi) is 5.10. The second-order valence-corrected chi connectivity index (χ2v) is 4.67. The fraction of sp³-hybridized carbons (Fsp3) is 0.125. The molecule has 2 rings (SSSR count). The first-order valence-electron chi connectivity index (χ1n) is 6.76. The van der Waals surface area contributed by atoms with Gasteiger partial charge in [-0.3, -0.25) is 4.79 Å². The summed E-state index contributed by atoms with van der Waals surface area (Å²) in [6.45, 7) is 0. The van der Waals surface area contributed by atoms with E-state index in [0.717, 1.165) is 12.1 Å². The molecule has 8 heteroatoms. The number of amides is 1. The zero-order chi connectivity index (χ0) is 17.7. The standard InChI is InChI=1S/C16H16N2O6/c1-23-11-3-4-14(24-2)10(5-11)8-17-18-16(22)9-6-12(19)15(21)13(20)7-9/h3-8,19-21H,1-2H3,(H,18,22). The van der Waals surface area contributed by atoms with Crippen LogP contribution >= 0.6 is 0 Å². The fourth-order valence-corrected chi connectivity index (χ4v) is 1.90. The monoisotopic (exact) mass is 332 g/mol. The molecule has 2 aromatic carbocycles. The van der Waals surface area contributed by atoms with Crippen LogP contribution in [0.25, 0.3) is 0 Å². The lowest BCUT2D eigenvalue weighted by molar-refractivity contribution is 0.0954. The van der Waals surface area contributed by atoms with Gasteiger partial charge in [-0.15, -0.1) is 0 Å². The highest BCUT2D eigenvalue weighted by atomic mass is 16.5. The number of nitrogens with one attached hydrogen (secondary N) is 1. The number of benzene rings is 2. The van der Waals surface area contributed by atoms with Crippen LogP contribution < -0.4 is 14.9 Å². The molecule has 0 aliphatic rings. The molecule has 2 aromatic rings. The lowest BCUT2D eigenvalue weighted by Crippen LogP contribution is -2.17. The van der Waals surface area contributed by atoms with E-state index in [0.29, 0.717) is 17.1 Å². The van der Waals surface area contributed by atoms with Crippen molar-refractivity contribution in [2.45, 2.75) is 0 Å². The molecule has 0 saturated carbocycles. The van der Waals surface area contributed by atoms with Crippen molar-refractivity contribution in [3.05, 3.63) is 41.5 Å². The SMILES string of the molecule is COc1ccc(OC)c(C=NNC(=O)c2cc(O)c(O)c(O)c2)c1. The Labute approximate surface area is 137 Å². The van der Waals surface area contributed by atoms with E-state index in [1.165, 1.54) is 20.4 Å². The second kappa shape index (κ2) is 7.23. The van der Waals surface area contributed by atoms with E-state index < -0.39 is 23.2 Å². The highest BCUT2D eigenvalue weighted by Crippen LogP contribution is 2.35. The van der Waals surface area contributed by atoms with Gasteiger partial charge in [0.25, 0.3) is 5.91 Å². The van der Waals surface area contributed by atoms with Crippen LogP contribution in [-0.2, 0) is 0 Å². The summed E-state index contributed by atoms with van der Waals surface area (Å²) in [4.78, 5) is 11.9. The number of hydrogen-bond acceptors (Lipinski definition) is 7. The Morgan fingerprint density at radius 3 is 2.33 bits per heavy atom. The molecule has 0 aromatic heterocycles. The van der Waals surface area contributed by atoms with Crippen LogP contribution in [0, 0.1) is 0 Å². The summed E-state index contributed by atoms with van der Waals surface area (Å²) in [5, 5.41) is 31.9. The summed E-state index contributed by atoms with van der Waals surface area (Å²) in [5.41, 5.74) is 2.75. The smallest absolute Gasteiger partial charge is 0.271 e. The molecule has 1 amide bonds. The van der Waals surface area contributed by atoms with Crippen LogP contribution in [0.2, 0.25) is 0 Å². The molecule has 24 heavy (non-hydrogen) atoms. The number of phenolic OH excluding ortho intramolecular Hbond substituents is 3. The third kappa shape index (κ3) is 3.67. The largest absolute Gasteiger partial charge is 0.504 e.